The fraction of sp³-hybridized carbons (Fsp3) is 0.176. The zero-order valence-electron chi connectivity index (χ0n) is 11.8. The van der Waals surface area contributed by atoms with Crippen molar-refractivity contribution in [2.24, 2.45) is 0 Å². The largest absolute Gasteiger partial charge is 0.351 e. The average molecular weight is 296 g/mol. The van der Waals surface area contributed by atoms with Gasteiger partial charge in [-0.3, -0.25) is 9.78 Å². The van der Waals surface area contributed by atoms with E-state index in [1.54, 1.807) is 17.5 Å². The van der Waals surface area contributed by atoms with Crippen molar-refractivity contribution in [2.75, 3.05) is 6.54 Å². The highest BCUT2D eigenvalue weighted by molar-refractivity contribution is 7.21. The molecule has 21 heavy (non-hydrogen) atoms. The summed E-state index contributed by atoms with van der Waals surface area (Å²) >= 11 is 1.55. The number of aryl methyl sites for hydroxylation is 1. The quantitative estimate of drug-likeness (QED) is 0.799. The fourth-order valence-corrected chi connectivity index (χ4v) is 3.45. The molecule has 106 valence electrons. The van der Waals surface area contributed by atoms with Gasteiger partial charge in [0.2, 0.25) is 0 Å². The molecule has 3 rings (SSSR count). The van der Waals surface area contributed by atoms with Gasteiger partial charge in [-0.05, 0) is 36.1 Å². The van der Waals surface area contributed by atoms with Gasteiger partial charge >= 0.3 is 0 Å². The van der Waals surface area contributed by atoms with Crippen molar-refractivity contribution in [2.45, 2.75) is 13.3 Å². The van der Waals surface area contributed by atoms with E-state index in [0.717, 1.165) is 32.6 Å². The smallest absolute Gasteiger partial charge is 0.261 e. The molecule has 0 fully saturated rings. The number of nitrogens with zero attached hydrogens (tertiary/aromatic N) is 1. The Bertz CT molecular complexity index is 765. The summed E-state index contributed by atoms with van der Waals surface area (Å²) in [5, 5.41) is 4.14. The number of hydrogen-bond donors (Lipinski definition) is 1. The molecular formula is C17H16N2OS. The molecule has 0 aliphatic rings. The van der Waals surface area contributed by atoms with Crippen LogP contribution in [0.5, 0.6) is 0 Å². The number of nitrogens with one attached hydrogen (secondary N) is 1. The molecule has 3 aromatic rings. The molecule has 2 aromatic heterocycles. The number of amides is 1. The molecule has 0 aliphatic heterocycles. The minimum atomic E-state index is 0.00429. The van der Waals surface area contributed by atoms with E-state index >= 15 is 0 Å². The lowest BCUT2D eigenvalue weighted by Gasteiger charge is -2.04. The van der Waals surface area contributed by atoms with E-state index in [2.05, 4.69) is 22.4 Å². The van der Waals surface area contributed by atoms with Gasteiger partial charge in [0.25, 0.3) is 5.91 Å². The molecule has 0 saturated carbocycles. The second kappa shape index (κ2) is 6.06. The summed E-state index contributed by atoms with van der Waals surface area (Å²) in [5.74, 6) is 0.00429. The molecule has 1 N–H and O–H groups in total. The maximum absolute atomic E-state index is 12.3. The molecule has 0 saturated heterocycles. The van der Waals surface area contributed by atoms with Crippen molar-refractivity contribution in [3.63, 3.8) is 0 Å². The molecule has 0 unspecified atom stereocenters. The minimum Gasteiger partial charge on any atom is -0.351 e. The summed E-state index contributed by atoms with van der Waals surface area (Å²) in [6.45, 7) is 2.61. The number of benzene rings is 1. The predicted molar refractivity (Wildman–Crippen MR) is 86.8 cm³/mol. The van der Waals surface area contributed by atoms with Crippen LogP contribution in [-0.2, 0) is 6.42 Å². The Hall–Kier alpha value is -2.20. The molecule has 1 amide bonds. The van der Waals surface area contributed by atoms with Gasteiger partial charge in [-0.15, -0.1) is 11.3 Å². The molecule has 1 aromatic carbocycles. The van der Waals surface area contributed by atoms with E-state index in [1.807, 2.05) is 37.3 Å². The van der Waals surface area contributed by atoms with E-state index in [0.29, 0.717) is 6.54 Å². The Kier molecular flexibility index (Phi) is 3.97. The van der Waals surface area contributed by atoms with Crippen LogP contribution in [0.15, 0.2) is 48.7 Å². The van der Waals surface area contributed by atoms with Crippen molar-refractivity contribution in [3.05, 3.63) is 64.8 Å². The van der Waals surface area contributed by atoms with Crippen LogP contribution in [0.4, 0.5) is 0 Å². The Morgan fingerprint density at radius 3 is 2.76 bits per heavy atom. The minimum absolute atomic E-state index is 0.00429. The van der Waals surface area contributed by atoms with Gasteiger partial charge in [-0.1, -0.05) is 24.3 Å². The molecule has 2 heterocycles. The summed E-state index contributed by atoms with van der Waals surface area (Å²) < 4.78 is 1.16. The first-order valence-corrected chi connectivity index (χ1v) is 7.73. The predicted octanol–water partition coefficient (Wildman–Crippen LogP) is 3.58. The highest BCUT2D eigenvalue weighted by Crippen LogP contribution is 2.30. The first kappa shape index (κ1) is 13.8. The van der Waals surface area contributed by atoms with Crippen LogP contribution < -0.4 is 5.32 Å². The highest BCUT2D eigenvalue weighted by Gasteiger charge is 2.14. The van der Waals surface area contributed by atoms with E-state index in [4.69, 9.17) is 0 Å². The number of aromatic nitrogens is 1. The second-order valence-corrected chi connectivity index (χ2v) is 5.93. The number of hydrogen-bond acceptors (Lipinski definition) is 3. The summed E-state index contributed by atoms with van der Waals surface area (Å²) in [4.78, 5) is 17.4. The monoisotopic (exact) mass is 296 g/mol. The van der Waals surface area contributed by atoms with Gasteiger partial charge in [0, 0.05) is 29.6 Å². The zero-order chi connectivity index (χ0) is 14.7. The summed E-state index contributed by atoms with van der Waals surface area (Å²) in [6, 6.07) is 13.9. The number of carbonyl (C=O) groups excluding carboxylic acids is 1. The van der Waals surface area contributed by atoms with Crippen molar-refractivity contribution in [3.8, 4) is 0 Å². The van der Waals surface area contributed by atoms with Gasteiger partial charge in [-0.2, -0.15) is 0 Å². The van der Waals surface area contributed by atoms with E-state index in [1.165, 1.54) is 0 Å². The third-order valence-corrected chi connectivity index (χ3v) is 4.71. The van der Waals surface area contributed by atoms with Crippen LogP contribution in [-0.4, -0.2) is 17.4 Å². The SMILES string of the molecule is Cc1c(C(=O)NCCc2ccccn2)sc2ccccc12. The van der Waals surface area contributed by atoms with Crippen LogP contribution in [0.1, 0.15) is 20.9 Å². The van der Waals surface area contributed by atoms with Gasteiger partial charge in [0.1, 0.15) is 0 Å². The molecule has 0 bridgehead atoms. The Labute approximate surface area is 127 Å². The average Bonchev–Trinajstić information content (AvgIpc) is 2.86. The Balaban J connectivity index is 1.68. The number of fused-ring (bicyclic) bond motifs is 1. The Morgan fingerprint density at radius 1 is 1.19 bits per heavy atom. The van der Waals surface area contributed by atoms with E-state index in [9.17, 15) is 4.79 Å². The van der Waals surface area contributed by atoms with Crippen molar-refractivity contribution < 1.29 is 4.79 Å². The van der Waals surface area contributed by atoms with Gasteiger partial charge in [0.05, 0.1) is 4.88 Å². The molecular weight excluding hydrogens is 280 g/mol. The number of pyridine rings is 1. The van der Waals surface area contributed by atoms with Crippen LogP contribution in [0, 0.1) is 6.92 Å². The molecule has 3 nitrogen and oxygen atoms in total. The topological polar surface area (TPSA) is 42.0 Å². The van der Waals surface area contributed by atoms with Crippen molar-refractivity contribution in [1.82, 2.24) is 10.3 Å². The lowest BCUT2D eigenvalue weighted by molar-refractivity contribution is 0.0957. The number of carbonyl (C=O) groups is 1. The molecule has 4 heteroatoms. The van der Waals surface area contributed by atoms with Crippen LogP contribution >= 0.6 is 11.3 Å². The van der Waals surface area contributed by atoms with Crippen molar-refractivity contribution in [1.29, 1.82) is 0 Å². The lowest BCUT2D eigenvalue weighted by Crippen LogP contribution is -2.25. The summed E-state index contributed by atoms with van der Waals surface area (Å²) in [6.07, 6.45) is 2.52. The van der Waals surface area contributed by atoms with Crippen LogP contribution in [0.3, 0.4) is 0 Å². The lowest BCUT2D eigenvalue weighted by atomic mass is 10.1. The van der Waals surface area contributed by atoms with E-state index < -0.39 is 0 Å². The zero-order valence-corrected chi connectivity index (χ0v) is 12.6. The van der Waals surface area contributed by atoms with E-state index in [-0.39, 0.29) is 5.91 Å². The fourth-order valence-electron chi connectivity index (χ4n) is 2.32. The maximum atomic E-state index is 12.3. The third-order valence-electron chi connectivity index (χ3n) is 3.44. The van der Waals surface area contributed by atoms with Gasteiger partial charge < -0.3 is 5.32 Å². The molecule has 0 aliphatic carbocycles. The summed E-state index contributed by atoms with van der Waals surface area (Å²) in [7, 11) is 0. The normalized spacial score (nSPS) is 10.7. The number of thiophene rings is 1. The second-order valence-electron chi connectivity index (χ2n) is 4.88. The Morgan fingerprint density at radius 2 is 2.00 bits per heavy atom. The van der Waals surface area contributed by atoms with Crippen LogP contribution in [0.25, 0.3) is 10.1 Å². The first-order valence-electron chi connectivity index (χ1n) is 6.92. The van der Waals surface area contributed by atoms with Gasteiger partial charge in [0.15, 0.2) is 0 Å². The van der Waals surface area contributed by atoms with Gasteiger partial charge in [-0.25, -0.2) is 0 Å². The summed E-state index contributed by atoms with van der Waals surface area (Å²) in [5.41, 5.74) is 2.05. The van der Waals surface area contributed by atoms with Crippen molar-refractivity contribution >= 4 is 27.3 Å². The number of rotatable bonds is 4. The molecule has 0 radical (unpaired) electrons. The first-order chi connectivity index (χ1) is 10.3. The maximum Gasteiger partial charge on any atom is 0.261 e. The standard InChI is InChI=1S/C17H16N2OS/c1-12-14-7-2-3-8-15(14)21-16(12)17(20)19-11-9-13-6-4-5-10-18-13/h2-8,10H,9,11H2,1H3,(H,19,20). The molecule has 0 atom stereocenters. The molecule has 0 spiro atoms. The third kappa shape index (κ3) is 2.95. The van der Waals surface area contributed by atoms with Crippen LogP contribution in [0.2, 0.25) is 0 Å². The highest BCUT2D eigenvalue weighted by atomic mass is 32.1.